The van der Waals surface area contributed by atoms with Gasteiger partial charge in [0, 0.05) is 0 Å². The van der Waals surface area contributed by atoms with Gasteiger partial charge in [-0.25, -0.2) is 9.59 Å². The van der Waals surface area contributed by atoms with Crippen molar-refractivity contribution < 1.29 is 32.2 Å². The minimum absolute atomic E-state index is 0.0542. The molecule has 1 fully saturated rings. The fraction of sp³-hybridized carbons (Fsp3) is 0.875. The van der Waals surface area contributed by atoms with E-state index >= 15 is 0 Å². The van der Waals surface area contributed by atoms with Gasteiger partial charge >= 0.3 is 18.2 Å². The topological polar surface area (TPSA) is 64.6 Å². The van der Waals surface area contributed by atoms with Crippen molar-refractivity contribution >= 4 is 12.1 Å². The zero-order valence-electron chi connectivity index (χ0n) is 14.8. The molecule has 0 atom stereocenters. The van der Waals surface area contributed by atoms with Gasteiger partial charge in [0.25, 0.3) is 0 Å². The smallest absolute Gasteiger partial charge is 0.408 e. The molecule has 140 valence electrons. The van der Waals surface area contributed by atoms with Crippen LogP contribution in [0.1, 0.15) is 60.3 Å². The first-order chi connectivity index (χ1) is 10.7. The van der Waals surface area contributed by atoms with Crippen molar-refractivity contribution in [3.63, 3.8) is 0 Å². The predicted molar refractivity (Wildman–Crippen MR) is 81.3 cm³/mol. The van der Waals surface area contributed by atoms with Crippen LogP contribution in [0.4, 0.5) is 18.0 Å². The Bertz CT molecular complexity index is 461. The average Bonchev–Trinajstić information content (AvgIpc) is 2.34. The van der Waals surface area contributed by atoms with E-state index in [1.807, 2.05) is 0 Å². The molecule has 0 bridgehead atoms. The third kappa shape index (κ3) is 6.57. The maximum Gasteiger partial charge on any atom is 0.408 e. The van der Waals surface area contributed by atoms with Crippen molar-refractivity contribution in [2.24, 2.45) is 5.92 Å². The number of alkyl halides is 3. The third-order valence-corrected chi connectivity index (χ3v) is 3.73. The summed E-state index contributed by atoms with van der Waals surface area (Å²) in [4.78, 5) is 24.0. The van der Waals surface area contributed by atoms with Crippen LogP contribution in [0, 0.1) is 5.92 Å². The quantitative estimate of drug-likeness (QED) is 0.780. The highest BCUT2D eigenvalue weighted by molar-refractivity contribution is 5.85. The number of carbonyl (C=O) groups excluding carboxylic acids is 2. The van der Waals surface area contributed by atoms with Crippen LogP contribution in [0.15, 0.2) is 0 Å². The molecule has 1 N–H and O–H groups in total. The minimum Gasteiger partial charge on any atom is -0.461 e. The molecule has 0 aromatic rings. The van der Waals surface area contributed by atoms with E-state index in [1.54, 1.807) is 20.8 Å². The van der Waals surface area contributed by atoms with Crippen LogP contribution in [0.3, 0.4) is 0 Å². The van der Waals surface area contributed by atoms with Gasteiger partial charge in [0.05, 0.1) is 5.92 Å². The molecule has 0 aromatic heterocycles. The predicted octanol–water partition coefficient (Wildman–Crippen LogP) is 3.95. The number of halogens is 3. The zero-order valence-corrected chi connectivity index (χ0v) is 14.8. The monoisotopic (exact) mass is 353 g/mol. The van der Waals surface area contributed by atoms with Gasteiger partial charge in [-0.3, -0.25) is 0 Å². The van der Waals surface area contributed by atoms with Gasteiger partial charge in [-0.2, -0.15) is 13.2 Å². The molecule has 0 aliphatic heterocycles. The molecular formula is C16H26F3NO4. The highest BCUT2D eigenvalue weighted by Crippen LogP contribution is 2.38. The number of rotatable bonds is 3. The van der Waals surface area contributed by atoms with Crippen molar-refractivity contribution in [1.29, 1.82) is 0 Å². The van der Waals surface area contributed by atoms with E-state index in [4.69, 9.17) is 9.47 Å². The van der Waals surface area contributed by atoms with Gasteiger partial charge in [0.1, 0.15) is 17.2 Å². The second kappa shape index (κ2) is 7.19. The van der Waals surface area contributed by atoms with Gasteiger partial charge in [0.15, 0.2) is 0 Å². The van der Waals surface area contributed by atoms with Crippen LogP contribution in [-0.2, 0) is 14.3 Å². The Morgan fingerprint density at radius 1 is 0.958 bits per heavy atom. The number of hydrogen-bond acceptors (Lipinski definition) is 4. The Morgan fingerprint density at radius 3 is 1.88 bits per heavy atom. The second-order valence-corrected chi connectivity index (χ2v) is 7.67. The number of ether oxygens (including phenoxy) is 2. The molecule has 0 unspecified atom stereocenters. The molecule has 1 rings (SSSR count). The van der Waals surface area contributed by atoms with E-state index in [9.17, 15) is 22.8 Å². The lowest BCUT2D eigenvalue weighted by atomic mass is 9.87. The first-order valence-corrected chi connectivity index (χ1v) is 7.99. The van der Waals surface area contributed by atoms with Gasteiger partial charge in [0.2, 0.25) is 0 Å². The van der Waals surface area contributed by atoms with Crippen LogP contribution in [0.5, 0.6) is 0 Å². The van der Waals surface area contributed by atoms with E-state index in [0.29, 0.717) is 0 Å². The molecule has 8 heteroatoms. The molecule has 1 aliphatic rings. The second-order valence-electron chi connectivity index (χ2n) is 7.67. The molecule has 5 nitrogen and oxygen atoms in total. The van der Waals surface area contributed by atoms with E-state index < -0.39 is 41.4 Å². The minimum atomic E-state index is -4.20. The summed E-state index contributed by atoms with van der Waals surface area (Å²) in [6.45, 7) is 7.99. The van der Waals surface area contributed by atoms with E-state index in [1.165, 1.54) is 13.8 Å². The normalized spacial score (nSPS) is 22.7. The Morgan fingerprint density at radius 2 is 1.46 bits per heavy atom. The first-order valence-electron chi connectivity index (χ1n) is 7.99. The molecular weight excluding hydrogens is 327 g/mol. The van der Waals surface area contributed by atoms with Crippen molar-refractivity contribution in [3.05, 3.63) is 0 Å². The molecule has 0 spiro atoms. The lowest BCUT2D eigenvalue weighted by molar-refractivity contribution is -0.189. The maximum absolute atomic E-state index is 12.6. The molecule has 0 aromatic carbocycles. The Hall–Kier alpha value is -1.47. The Kier molecular flexibility index (Phi) is 6.16. The number of hydrogen-bond donors (Lipinski definition) is 1. The summed E-state index contributed by atoms with van der Waals surface area (Å²) in [5.41, 5.74) is -2.04. The summed E-state index contributed by atoms with van der Waals surface area (Å²) < 4.78 is 48.2. The molecule has 24 heavy (non-hydrogen) atoms. The number of esters is 1. The van der Waals surface area contributed by atoms with Crippen LogP contribution in [-0.4, -0.2) is 35.5 Å². The van der Waals surface area contributed by atoms with Gasteiger partial charge in [-0.1, -0.05) is 0 Å². The number of nitrogens with one attached hydrogen (secondary N) is 1. The van der Waals surface area contributed by atoms with E-state index in [-0.39, 0.29) is 25.7 Å². The number of amides is 1. The largest absolute Gasteiger partial charge is 0.461 e. The molecule has 0 heterocycles. The summed E-state index contributed by atoms with van der Waals surface area (Å²) in [6, 6.07) is 0. The third-order valence-electron chi connectivity index (χ3n) is 3.73. The average molecular weight is 353 g/mol. The van der Waals surface area contributed by atoms with Gasteiger partial charge < -0.3 is 14.8 Å². The van der Waals surface area contributed by atoms with Gasteiger partial charge in [-0.15, -0.1) is 0 Å². The van der Waals surface area contributed by atoms with Crippen molar-refractivity contribution in [2.45, 2.75) is 83.7 Å². The standard InChI is InChI=1S/C16H26F3NO4/c1-14(2,3)24-13(22)20-15(4,5)12(21)23-11-8-6-10(7-9-11)16(17,18)19/h10-11H,6-9H2,1-5H3,(H,20,22)/t10-,11-. The summed E-state index contributed by atoms with van der Waals surface area (Å²) in [6.07, 6.45) is -5.30. The molecule has 1 saturated carbocycles. The van der Waals surface area contributed by atoms with Crippen LogP contribution in [0.25, 0.3) is 0 Å². The molecule has 1 amide bonds. The van der Waals surface area contributed by atoms with Crippen LogP contribution < -0.4 is 5.32 Å². The first kappa shape index (κ1) is 20.6. The van der Waals surface area contributed by atoms with Crippen LogP contribution >= 0.6 is 0 Å². The zero-order chi connectivity index (χ0) is 18.8. The number of alkyl carbamates (subject to hydrolysis) is 1. The lowest BCUT2D eigenvalue weighted by Gasteiger charge is -2.32. The highest BCUT2D eigenvalue weighted by Gasteiger charge is 2.43. The van der Waals surface area contributed by atoms with E-state index in [0.717, 1.165) is 0 Å². The fourth-order valence-electron chi connectivity index (χ4n) is 2.42. The lowest BCUT2D eigenvalue weighted by Crippen LogP contribution is -2.52. The molecule has 0 saturated heterocycles. The van der Waals surface area contributed by atoms with Gasteiger partial charge in [-0.05, 0) is 60.3 Å². The van der Waals surface area contributed by atoms with Crippen molar-refractivity contribution in [3.8, 4) is 0 Å². The SMILES string of the molecule is CC(C)(C)OC(=O)NC(C)(C)C(=O)O[C@H]1CC[C@H](C(F)(F)F)CC1. The van der Waals surface area contributed by atoms with E-state index in [2.05, 4.69) is 5.32 Å². The number of carbonyl (C=O) groups is 2. The summed E-state index contributed by atoms with van der Waals surface area (Å²) in [5, 5.41) is 2.42. The Labute approximate surface area is 140 Å². The summed E-state index contributed by atoms with van der Waals surface area (Å²) in [7, 11) is 0. The Balaban J connectivity index is 2.51. The van der Waals surface area contributed by atoms with Crippen molar-refractivity contribution in [1.82, 2.24) is 5.32 Å². The molecule has 1 aliphatic carbocycles. The highest BCUT2D eigenvalue weighted by atomic mass is 19.4. The van der Waals surface area contributed by atoms with Crippen LogP contribution in [0.2, 0.25) is 0 Å². The fourth-order valence-corrected chi connectivity index (χ4v) is 2.42. The molecule has 0 radical (unpaired) electrons. The maximum atomic E-state index is 12.6. The summed E-state index contributed by atoms with van der Waals surface area (Å²) in [5.74, 6) is -2.02. The summed E-state index contributed by atoms with van der Waals surface area (Å²) >= 11 is 0. The van der Waals surface area contributed by atoms with Crippen molar-refractivity contribution in [2.75, 3.05) is 0 Å².